The Bertz CT molecular complexity index is 2650. The van der Waals surface area contributed by atoms with Crippen molar-refractivity contribution in [3.63, 3.8) is 0 Å². The van der Waals surface area contributed by atoms with Crippen LogP contribution in [0.15, 0.2) is 193 Å². The highest BCUT2D eigenvalue weighted by Crippen LogP contribution is 2.41. The van der Waals surface area contributed by atoms with Gasteiger partial charge >= 0.3 is 0 Å². The van der Waals surface area contributed by atoms with Crippen LogP contribution in [0.5, 0.6) is 0 Å². The summed E-state index contributed by atoms with van der Waals surface area (Å²) >= 11 is 0. The molecule has 0 amide bonds. The van der Waals surface area contributed by atoms with Crippen LogP contribution in [0.1, 0.15) is 92.7 Å². The van der Waals surface area contributed by atoms with Gasteiger partial charge in [0.15, 0.2) is 0 Å². The Morgan fingerprint density at radius 2 is 0.952 bits per heavy atom. The van der Waals surface area contributed by atoms with E-state index >= 15 is 0 Å². The Balaban J connectivity index is 1.09. The van der Waals surface area contributed by atoms with Gasteiger partial charge in [-0.15, -0.1) is 0 Å². The van der Waals surface area contributed by atoms with Crippen LogP contribution < -0.4 is 9.80 Å². The van der Waals surface area contributed by atoms with E-state index in [-0.39, 0.29) is 0 Å². The number of hydrogen-bond donors (Lipinski definition) is 0. The zero-order chi connectivity index (χ0) is 42.8. The predicted molar refractivity (Wildman–Crippen MR) is 270 cm³/mol. The largest absolute Gasteiger partial charge is 0.310 e. The zero-order valence-electron chi connectivity index (χ0n) is 37.2. The Kier molecular flexibility index (Phi) is 13.5. The molecule has 0 spiro atoms. The zero-order valence-corrected chi connectivity index (χ0v) is 37.2. The average molecular weight is 809 g/mol. The van der Waals surface area contributed by atoms with E-state index < -0.39 is 0 Å². The van der Waals surface area contributed by atoms with Crippen molar-refractivity contribution in [2.24, 2.45) is 0 Å². The van der Waals surface area contributed by atoms with Crippen LogP contribution in [-0.4, -0.2) is 0 Å². The van der Waals surface area contributed by atoms with E-state index in [0.717, 1.165) is 61.3 Å². The Morgan fingerprint density at radius 1 is 0.484 bits per heavy atom. The van der Waals surface area contributed by atoms with Gasteiger partial charge in [-0.3, -0.25) is 0 Å². The number of allylic oxidation sites excluding steroid dienone is 10. The smallest absolute Gasteiger partial charge is 0.0493 e. The molecule has 0 aromatic heterocycles. The van der Waals surface area contributed by atoms with Gasteiger partial charge in [0.2, 0.25) is 0 Å². The first kappa shape index (κ1) is 42.1. The summed E-state index contributed by atoms with van der Waals surface area (Å²) in [5, 5.41) is 0. The van der Waals surface area contributed by atoms with Gasteiger partial charge in [0.1, 0.15) is 0 Å². The number of hydrogen-bond acceptors (Lipinski definition) is 2. The molecule has 2 heteroatoms. The van der Waals surface area contributed by atoms with Crippen LogP contribution >= 0.6 is 0 Å². The molecule has 2 aliphatic rings. The fourth-order valence-electron chi connectivity index (χ4n) is 8.48. The highest BCUT2D eigenvalue weighted by atomic mass is 15.1. The molecule has 2 aliphatic carbocycles. The molecule has 0 unspecified atom stereocenters. The van der Waals surface area contributed by atoms with Crippen molar-refractivity contribution in [2.75, 3.05) is 9.80 Å². The first-order valence-corrected chi connectivity index (χ1v) is 22.7. The molecule has 62 heavy (non-hydrogen) atoms. The number of rotatable bonds is 14. The summed E-state index contributed by atoms with van der Waals surface area (Å²) in [4.78, 5) is 4.81. The third-order valence-electron chi connectivity index (χ3n) is 12.2. The van der Waals surface area contributed by atoms with E-state index in [0.29, 0.717) is 5.92 Å². The minimum Gasteiger partial charge on any atom is -0.310 e. The molecule has 8 rings (SSSR count). The van der Waals surface area contributed by atoms with Gasteiger partial charge in [0.25, 0.3) is 0 Å². The molecule has 0 bridgehead atoms. The van der Waals surface area contributed by atoms with Crippen LogP contribution in [0, 0.1) is 6.92 Å². The SMILES string of the molecule is CCc1ccc(N(c2ccc(/C=C/C3=CCCC=C3)cc2)c2ccc(-c3ccc(N(c4ccc(/C=C/C5=CCCC=C5)cc4)c4ccc(C(C)C)cc4C)cc3)cc2)c(CC)c1. The summed E-state index contributed by atoms with van der Waals surface area (Å²) in [6, 6.07) is 49.9. The van der Waals surface area contributed by atoms with Crippen molar-refractivity contribution < 1.29 is 0 Å². The average Bonchev–Trinajstić information content (AvgIpc) is 3.33. The normalized spacial score (nSPS) is 13.8. The second-order valence-corrected chi connectivity index (χ2v) is 16.9. The quantitative estimate of drug-likeness (QED) is 0.108. The monoisotopic (exact) mass is 808 g/mol. The maximum atomic E-state index is 2.42. The first-order chi connectivity index (χ1) is 30.4. The summed E-state index contributed by atoms with van der Waals surface area (Å²) in [5.74, 6) is 0.472. The molecule has 0 atom stereocenters. The van der Waals surface area contributed by atoms with E-state index in [4.69, 9.17) is 0 Å². The van der Waals surface area contributed by atoms with E-state index in [1.54, 1.807) is 0 Å². The lowest BCUT2D eigenvalue weighted by Crippen LogP contribution is -2.12. The lowest BCUT2D eigenvalue weighted by atomic mass is 9.99. The van der Waals surface area contributed by atoms with Gasteiger partial charge < -0.3 is 9.80 Å². The summed E-state index contributed by atoms with van der Waals surface area (Å²) in [6.07, 6.45) is 28.9. The van der Waals surface area contributed by atoms with Crippen LogP contribution in [0.2, 0.25) is 0 Å². The topological polar surface area (TPSA) is 6.48 Å². The van der Waals surface area contributed by atoms with Gasteiger partial charge in [-0.1, -0.05) is 161 Å². The molecule has 6 aromatic carbocycles. The highest BCUT2D eigenvalue weighted by Gasteiger charge is 2.18. The summed E-state index contributed by atoms with van der Waals surface area (Å²) in [6.45, 7) is 11.2. The standard InChI is InChI=1S/C60H60N2/c1-6-46-26-40-60(51(7-2)43-46)62(56-34-24-50(25-35-56)21-19-48-16-12-9-13-17-48)58-38-29-53(30-39-58)52-27-36-57(37-28-52)61(59-41-31-54(44(3)4)42-45(59)5)55-32-22-49(23-33-55)20-18-47-14-10-8-11-15-47/h10,12,14-44H,6-9,11,13H2,1-5H3/b20-18+,21-19+. The minimum atomic E-state index is 0.472. The van der Waals surface area contributed by atoms with E-state index in [2.05, 4.69) is 239 Å². The van der Waals surface area contributed by atoms with E-state index in [1.165, 1.54) is 67.0 Å². The number of benzene rings is 6. The second-order valence-electron chi connectivity index (χ2n) is 16.9. The van der Waals surface area contributed by atoms with E-state index in [1.807, 2.05) is 0 Å². The fraction of sp³-hybridized carbons (Fsp3) is 0.200. The number of anilines is 6. The Labute approximate surface area is 371 Å². The third-order valence-corrected chi connectivity index (χ3v) is 12.2. The molecule has 0 fully saturated rings. The van der Waals surface area contributed by atoms with Crippen molar-refractivity contribution in [2.45, 2.75) is 79.1 Å². The molecular weight excluding hydrogens is 749 g/mol. The fourth-order valence-corrected chi connectivity index (χ4v) is 8.48. The lowest BCUT2D eigenvalue weighted by molar-refractivity contribution is 0.865. The molecule has 0 saturated heterocycles. The molecule has 0 radical (unpaired) electrons. The van der Waals surface area contributed by atoms with Crippen molar-refractivity contribution in [1.82, 2.24) is 0 Å². The van der Waals surface area contributed by atoms with Crippen LogP contribution in [0.4, 0.5) is 34.1 Å². The maximum absolute atomic E-state index is 2.42. The Hall–Kier alpha value is -6.64. The molecular formula is C60H60N2. The summed E-state index contributed by atoms with van der Waals surface area (Å²) < 4.78 is 0. The van der Waals surface area contributed by atoms with Crippen LogP contribution in [-0.2, 0) is 12.8 Å². The van der Waals surface area contributed by atoms with Gasteiger partial charge in [-0.05, 0) is 168 Å². The van der Waals surface area contributed by atoms with Gasteiger partial charge in [0.05, 0.1) is 0 Å². The van der Waals surface area contributed by atoms with Crippen molar-refractivity contribution in [3.8, 4) is 11.1 Å². The molecule has 0 N–H and O–H groups in total. The summed E-state index contributed by atoms with van der Waals surface area (Å²) in [5.41, 5.74) is 19.6. The van der Waals surface area contributed by atoms with Crippen LogP contribution in [0.3, 0.4) is 0 Å². The Morgan fingerprint density at radius 3 is 1.37 bits per heavy atom. The lowest BCUT2D eigenvalue weighted by Gasteiger charge is -2.28. The molecule has 0 aliphatic heterocycles. The molecule has 6 aromatic rings. The number of nitrogens with zero attached hydrogens (tertiary/aromatic N) is 2. The molecule has 0 heterocycles. The highest BCUT2D eigenvalue weighted by molar-refractivity contribution is 5.83. The van der Waals surface area contributed by atoms with Crippen LogP contribution in [0.25, 0.3) is 23.3 Å². The maximum Gasteiger partial charge on any atom is 0.0493 e. The van der Waals surface area contributed by atoms with Crippen molar-refractivity contribution in [1.29, 1.82) is 0 Å². The van der Waals surface area contributed by atoms with Crippen molar-refractivity contribution in [3.05, 3.63) is 227 Å². The first-order valence-electron chi connectivity index (χ1n) is 22.7. The van der Waals surface area contributed by atoms with Gasteiger partial charge in [0, 0.05) is 34.1 Å². The second kappa shape index (κ2) is 19.8. The summed E-state index contributed by atoms with van der Waals surface area (Å²) in [7, 11) is 0. The van der Waals surface area contributed by atoms with E-state index in [9.17, 15) is 0 Å². The molecule has 2 nitrogen and oxygen atoms in total. The molecule has 0 saturated carbocycles. The van der Waals surface area contributed by atoms with Crippen molar-refractivity contribution >= 4 is 46.3 Å². The van der Waals surface area contributed by atoms with Gasteiger partial charge in [-0.25, -0.2) is 0 Å². The molecule has 310 valence electrons. The minimum absolute atomic E-state index is 0.472. The number of aryl methyl sites for hydroxylation is 3. The third kappa shape index (κ3) is 9.93. The predicted octanol–water partition coefficient (Wildman–Crippen LogP) is 17.4. The van der Waals surface area contributed by atoms with Gasteiger partial charge in [-0.2, -0.15) is 0 Å².